The Morgan fingerprint density at radius 2 is 1.21 bits per heavy atom. The monoisotopic (exact) mass is 696 g/mol. The fourth-order valence-electron chi connectivity index (χ4n) is 4.56. The molecule has 2 saturated carbocycles. The molecular weight excluding hydrogens is 662 g/mol. The number of hydrogen-bond donors (Lipinski definition) is 1. The number of carboxylic acid groups (broad SMARTS) is 1. The summed E-state index contributed by atoms with van der Waals surface area (Å²) in [6, 6.07) is 9.73. The van der Waals surface area contributed by atoms with Gasteiger partial charge in [-0.3, -0.25) is 0 Å². The molecule has 2 aliphatic carbocycles. The molecule has 246 valence electrons. The van der Waals surface area contributed by atoms with Crippen LogP contribution in [-0.2, 0) is 4.74 Å². The zero-order valence-electron chi connectivity index (χ0n) is 26.7. The van der Waals surface area contributed by atoms with Crippen molar-refractivity contribution in [1.29, 1.82) is 0 Å². The Morgan fingerprint density at radius 3 is 1.55 bits per heavy atom. The molecule has 0 amide bonds. The van der Waals surface area contributed by atoms with E-state index < -0.39 is 11.9 Å². The molecular formula is C31H35Cl2N6NaO7. The van der Waals surface area contributed by atoms with E-state index in [4.69, 9.17) is 37.8 Å². The molecule has 0 saturated heterocycles. The molecule has 0 atom stereocenters. The Bertz CT molecular complexity index is 1690. The van der Waals surface area contributed by atoms with Crippen molar-refractivity contribution < 1.29 is 63.9 Å². The Kier molecular flexibility index (Phi) is 13.2. The summed E-state index contributed by atoms with van der Waals surface area (Å²) in [7, 11) is 1.30. The third-order valence-corrected chi connectivity index (χ3v) is 8.95. The van der Waals surface area contributed by atoms with E-state index in [1.165, 1.54) is 43.5 Å². The van der Waals surface area contributed by atoms with Crippen LogP contribution in [-0.4, -0.2) is 72.4 Å². The zero-order valence-corrected chi connectivity index (χ0v) is 30.2. The minimum Gasteiger partial charge on any atom is -0.870 e. The largest absolute Gasteiger partial charge is 1.00 e. The van der Waals surface area contributed by atoms with Gasteiger partial charge in [0.25, 0.3) is 0 Å². The molecule has 0 unspecified atom stereocenters. The van der Waals surface area contributed by atoms with E-state index in [-0.39, 0.29) is 56.5 Å². The Labute approximate surface area is 304 Å². The second-order valence-electron chi connectivity index (χ2n) is 11.3. The number of esters is 1. The van der Waals surface area contributed by atoms with Crippen molar-refractivity contribution in [3.8, 4) is 23.4 Å². The smallest absolute Gasteiger partial charge is 0.870 e. The second-order valence-corrected chi connectivity index (χ2v) is 12.0. The standard InChI is InChI=1S/C16H18ClN3O3.C15H16ClN3O3.Na.H2O/c1-3-16(7-8-16)10-23-13-6-9-20(19-13)12-5-4-11(14(17)18-12)15(21)22-2;1-2-15(6-7-15)9-22-12-5-8-19(18-12)11-4-3-10(14(20)21)13(16)17-11;;/h4-6,9H,3,7-8,10H2,1-2H3;3-5,8H,2,6-7,9H2,1H3,(H,20,21);;1H2/q;;+1;/p-1. The fourth-order valence-corrected chi connectivity index (χ4v) is 5.01. The molecule has 2 fully saturated rings. The minimum atomic E-state index is -1.11. The van der Waals surface area contributed by atoms with E-state index in [0.29, 0.717) is 47.4 Å². The number of pyridine rings is 2. The van der Waals surface area contributed by atoms with Crippen LogP contribution >= 0.6 is 23.2 Å². The predicted molar refractivity (Wildman–Crippen MR) is 168 cm³/mol. The molecule has 47 heavy (non-hydrogen) atoms. The average Bonchev–Trinajstić information content (AvgIpc) is 3.90. The van der Waals surface area contributed by atoms with Crippen molar-refractivity contribution in [3.63, 3.8) is 0 Å². The maximum Gasteiger partial charge on any atom is 1.00 e. The van der Waals surface area contributed by atoms with Crippen molar-refractivity contribution in [2.45, 2.75) is 52.4 Å². The molecule has 16 heteroatoms. The van der Waals surface area contributed by atoms with Crippen LogP contribution in [0.2, 0.25) is 10.3 Å². The van der Waals surface area contributed by atoms with Crippen LogP contribution in [0.5, 0.6) is 11.8 Å². The number of rotatable bonds is 12. The molecule has 4 heterocycles. The molecule has 4 aromatic heterocycles. The van der Waals surface area contributed by atoms with Gasteiger partial charge in [-0.05, 0) is 62.8 Å². The first-order valence-corrected chi connectivity index (χ1v) is 15.4. The van der Waals surface area contributed by atoms with Gasteiger partial charge in [0.2, 0.25) is 11.8 Å². The van der Waals surface area contributed by atoms with Gasteiger partial charge in [-0.1, -0.05) is 37.0 Å². The van der Waals surface area contributed by atoms with Gasteiger partial charge in [0, 0.05) is 35.4 Å². The molecule has 2 aliphatic rings. The molecule has 0 spiro atoms. The summed E-state index contributed by atoms with van der Waals surface area (Å²) in [6.45, 7) is 5.72. The number of ether oxygens (including phenoxy) is 3. The van der Waals surface area contributed by atoms with Crippen molar-refractivity contribution in [1.82, 2.24) is 29.5 Å². The molecule has 2 N–H and O–H groups in total. The van der Waals surface area contributed by atoms with Gasteiger partial charge in [0.05, 0.1) is 31.5 Å². The Morgan fingerprint density at radius 1 is 0.787 bits per heavy atom. The molecule has 0 aromatic carbocycles. The number of nitrogens with zero attached hydrogens (tertiary/aromatic N) is 6. The molecule has 0 radical (unpaired) electrons. The van der Waals surface area contributed by atoms with Crippen LogP contribution in [0.25, 0.3) is 11.6 Å². The Balaban J connectivity index is 0.000000245. The second kappa shape index (κ2) is 16.3. The normalized spacial score (nSPS) is 14.7. The first kappa shape index (κ1) is 38.2. The van der Waals surface area contributed by atoms with Crippen LogP contribution in [0.15, 0.2) is 48.8 Å². The first-order chi connectivity index (χ1) is 21.6. The quantitative estimate of drug-likeness (QED) is 0.131. The van der Waals surface area contributed by atoms with Gasteiger partial charge in [0.15, 0.2) is 11.6 Å². The summed E-state index contributed by atoms with van der Waals surface area (Å²) in [5.41, 5.74) is 0.856. The van der Waals surface area contributed by atoms with Crippen LogP contribution in [0.4, 0.5) is 0 Å². The molecule has 4 aromatic rings. The van der Waals surface area contributed by atoms with E-state index in [2.05, 4.69) is 38.7 Å². The Hall–Kier alpha value is -3.20. The number of carboxylic acids is 1. The van der Waals surface area contributed by atoms with Crippen LogP contribution in [0.3, 0.4) is 0 Å². The number of hydrogen-bond acceptors (Lipinski definition) is 10. The maximum atomic E-state index is 11.5. The van der Waals surface area contributed by atoms with Crippen LogP contribution < -0.4 is 39.0 Å². The number of halogens is 2. The number of aromatic nitrogens is 6. The average molecular weight is 698 g/mol. The number of carbonyl (C=O) groups excluding carboxylic acids is 1. The first-order valence-electron chi connectivity index (χ1n) is 14.6. The van der Waals surface area contributed by atoms with Gasteiger partial charge < -0.3 is 24.8 Å². The molecule has 0 bridgehead atoms. The summed E-state index contributed by atoms with van der Waals surface area (Å²) in [6.07, 6.45) is 10.5. The topological polar surface area (TPSA) is 173 Å². The van der Waals surface area contributed by atoms with Gasteiger partial charge in [-0.25, -0.2) is 28.9 Å². The van der Waals surface area contributed by atoms with Gasteiger partial charge >= 0.3 is 41.5 Å². The van der Waals surface area contributed by atoms with Gasteiger partial charge in [0.1, 0.15) is 10.3 Å². The van der Waals surface area contributed by atoms with Crippen molar-refractivity contribution in [3.05, 3.63) is 70.2 Å². The number of methoxy groups -OCH3 is 1. The van der Waals surface area contributed by atoms with E-state index in [9.17, 15) is 9.59 Å². The summed E-state index contributed by atoms with van der Waals surface area (Å²) in [5, 5.41) is 17.6. The van der Waals surface area contributed by atoms with Gasteiger partial charge in [-0.2, -0.15) is 0 Å². The van der Waals surface area contributed by atoms with Crippen molar-refractivity contribution in [2.24, 2.45) is 10.8 Å². The molecule has 6 rings (SSSR count). The van der Waals surface area contributed by atoms with Crippen LogP contribution in [0, 0.1) is 10.8 Å². The number of carbonyl (C=O) groups is 2. The predicted octanol–water partition coefficient (Wildman–Crippen LogP) is 3.29. The van der Waals surface area contributed by atoms with Crippen molar-refractivity contribution >= 4 is 35.1 Å². The van der Waals surface area contributed by atoms with E-state index in [0.717, 1.165) is 12.8 Å². The van der Waals surface area contributed by atoms with E-state index in [1.807, 2.05) is 0 Å². The fraction of sp³-hybridized carbons (Fsp3) is 0.419. The van der Waals surface area contributed by atoms with Gasteiger partial charge in [-0.15, -0.1) is 10.2 Å². The minimum absolute atomic E-state index is 0. The van der Waals surface area contributed by atoms with E-state index >= 15 is 0 Å². The SMILES string of the molecule is CCC1(COc2ccn(-c3ccc(C(=O)O)c(Cl)n3)n2)CC1.CCC1(COc2ccn(-c3ccc(C(=O)OC)c(Cl)n3)n2)CC1.[Na+].[OH-]. The zero-order chi connectivity index (χ0) is 32.2. The summed E-state index contributed by atoms with van der Waals surface area (Å²) in [5.74, 6) is 0.408. The third kappa shape index (κ3) is 9.46. The number of aromatic carboxylic acids is 1. The summed E-state index contributed by atoms with van der Waals surface area (Å²) in [4.78, 5) is 30.6. The van der Waals surface area contributed by atoms with Crippen LogP contribution in [0.1, 0.15) is 73.1 Å². The van der Waals surface area contributed by atoms with E-state index in [1.54, 1.807) is 47.4 Å². The third-order valence-electron chi connectivity index (χ3n) is 8.37. The summed E-state index contributed by atoms with van der Waals surface area (Å²) >= 11 is 11.9. The molecule has 0 aliphatic heterocycles. The molecule has 13 nitrogen and oxygen atoms in total. The summed E-state index contributed by atoms with van der Waals surface area (Å²) < 4.78 is 19.2. The maximum absolute atomic E-state index is 11.5. The van der Waals surface area contributed by atoms with Crippen molar-refractivity contribution in [2.75, 3.05) is 20.3 Å².